The summed E-state index contributed by atoms with van der Waals surface area (Å²) in [6.07, 6.45) is 0. The smallest absolute Gasteiger partial charge is 0.298 e. The molecule has 1 aliphatic heterocycles. The molecule has 0 radical (unpaired) electrons. The van der Waals surface area contributed by atoms with Crippen molar-refractivity contribution in [2.45, 2.75) is 5.92 Å². The number of anilines is 1. The Balaban J connectivity index is 2.27. The van der Waals surface area contributed by atoms with Crippen LogP contribution in [0, 0.1) is 11.3 Å². The monoisotopic (exact) mass is 329 g/mol. The number of nitriles is 1. The average Bonchev–Trinajstić information content (AvgIpc) is 2.54. The molecule has 3 rings (SSSR count). The lowest BCUT2D eigenvalue weighted by Gasteiger charge is -2.26. The van der Waals surface area contributed by atoms with Crippen LogP contribution in [0.3, 0.4) is 0 Å². The first-order valence-electron chi connectivity index (χ1n) is 6.65. The fourth-order valence-electron chi connectivity index (χ4n) is 2.53. The summed E-state index contributed by atoms with van der Waals surface area (Å²) in [6, 6.07) is 8.99. The quantitative estimate of drug-likeness (QED) is 0.771. The van der Waals surface area contributed by atoms with Crippen LogP contribution in [0.1, 0.15) is 17.0 Å². The lowest BCUT2D eigenvalue weighted by Crippen LogP contribution is -2.30. The Morgan fingerprint density at radius 1 is 1.39 bits per heavy atom. The minimum atomic E-state index is -0.629. The Kier molecular flexibility index (Phi) is 3.68. The molecule has 1 aromatic heterocycles. The van der Waals surface area contributed by atoms with Crippen LogP contribution < -0.4 is 21.3 Å². The topological polar surface area (TPSA) is 117 Å². The molecule has 2 aromatic rings. The number of rotatable bonds is 2. The molecule has 0 saturated carbocycles. The van der Waals surface area contributed by atoms with Crippen molar-refractivity contribution in [2.75, 3.05) is 12.4 Å². The van der Waals surface area contributed by atoms with Gasteiger partial charge in [-0.05, 0) is 17.7 Å². The van der Waals surface area contributed by atoms with Gasteiger partial charge in [0.25, 0.3) is 11.6 Å². The summed E-state index contributed by atoms with van der Waals surface area (Å²) in [5.74, 6) is -0.210. The molecular weight excluding hydrogens is 318 g/mol. The molecule has 7 nitrogen and oxygen atoms in total. The number of nitrogens with two attached hydrogens (primary N) is 1. The average molecular weight is 330 g/mol. The Bertz CT molecular complexity index is 896. The first-order chi connectivity index (χ1) is 11.0. The van der Waals surface area contributed by atoms with Crippen molar-refractivity contribution < 1.29 is 4.74 Å². The van der Waals surface area contributed by atoms with E-state index < -0.39 is 11.5 Å². The number of methoxy groups -OCH3 is 1. The van der Waals surface area contributed by atoms with Gasteiger partial charge in [0.05, 0.1) is 30.2 Å². The number of halogens is 1. The molecule has 0 spiro atoms. The van der Waals surface area contributed by atoms with Crippen LogP contribution in [-0.4, -0.2) is 17.1 Å². The summed E-state index contributed by atoms with van der Waals surface area (Å²) in [6.45, 7) is 0. The lowest BCUT2D eigenvalue weighted by atomic mass is 9.84. The Hall–Kier alpha value is -2.98. The third-order valence-electron chi connectivity index (χ3n) is 3.57. The number of H-pyrrole nitrogens is 1. The van der Waals surface area contributed by atoms with E-state index in [9.17, 15) is 10.1 Å². The summed E-state index contributed by atoms with van der Waals surface area (Å²) in [7, 11) is 1.39. The van der Waals surface area contributed by atoms with E-state index in [1.807, 2.05) is 0 Å². The first-order valence-corrected chi connectivity index (χ1v) is 7.03. The van der Waals surface area contributed by atoms with E-state index >= 15 is 0 Å². The molecule has 0 saturated heterocycles. The molecule has 0 amide bonds. The van der Waals surface area contributed by atoms with Crippen LogP contribution in [0.2, 0.25) is 5.02 Å². The van der Waals surface area contributed by atoms with E-state index in [-0.39, 0.29) is 23.2 Å². The molecule has 4 N–H and O–H groups in total. The van der Waals surface area contributed by atoms with Gasteiger partial charge in [-0.25, -0.2) is 0 Å². The van der Waals surface area contributed by atoms with Gasteiger partial charge in [0.1, 0.15) is 11.6 Å². The summed E-state index contributed by atoms with van der Waals surface area (Å²) in [5, 5.41) is 12.8. The molecule has 0 bridgehead atoms. The lowest BCUT2D eigenvalue weighted by molar-refractivity contribution is 0.378. The number of aromatic nitrogens is 2. The van der Waals surface area contributed by atoms with Crippen LogP contribution in [0.5, 0.6) is 6.01 Å². The number of allylic oxidation sites excluding steroid dienone is 1. The predicted octanol–water partition coefficient (Wildman–Crippen LogP) is 1.68. The number of fused-ring (bicyclic) bond motifs is 1. The third kappa shape index (κ3) is 2.49. The fourth-order valence-corrected chi connectivity index (χ4v) is 2.66. The van der Waals surface area contributed by atoms with Crippen molar-refractivity contribution >= 4 is 17.4 Å². The van der Waals surface area contributed by atoms with E-state index in [0.717, 1.165) is 0 Å². The standard InChI is InChI=1S/C15H12ClN5O2/c1-23-15-20-13-11(14(22)21-15)10(9(6-17)12(18)19-13)7-2-4-8(16)5-3-7/h2-5,10H,18H2,1H3,(H2,19,20,21,22). The first kappa shape index (κ1) is 14.9. The second-order valence-electron chi connectivity index (χ2n) is 4.89. The second kappa shape index (κ2) is 5.66. The van der Waals surface area contributed by atoms with Crippen LogP contribution in [-0.2, 0) is 0 Å². The van der Waals surface area contributed by atoms with Gasteiger partial charge in [-0.1, -0.05) is 23.7 Å². The molecule has 0 aliphatic carbocycles. The number of hydrogen-bond acceptors (Lipinski definition) is 6. The van der Waals surface area contributed by atoms with Crippen LogP contribution >= 0.6 is 11.6 Å². The second-order valence-corrected chi connectivity index (χ2v) is 5.32. The van der Waals surface area contributed by atoms with Crippen molar-refractivity contribution in [2.24, 2.45) is 5.73 Å². The maximum Gasteiger partial charge on any atom is 0.298 e. The third-order valence-corrected chi connectivity index (χ3v) is 3.82. The maximum atomic E-state index is 12.4. The molecule has 1 atom stereocenters. The van der Waals surface area contributed by atoms with Crippen molar-refractivity contribution in [3.05, 3.63) is 62.2 Å². The number of ether oxygens (including phenoxy) is 1. The summed E-state index contributed by atoms with van der Waals surface area (Å²) in [4.78, 5) is 19.1. The zero-order valence-corrected chi connectivity index (χ0v) is 12.8. The van der Waals surface area contributed by atoms with E-state index in [0.29, 0.717) is 16.1 Å². The molecular formula is C15H12ClN5O2. The molecule has 1 aromatic carbocycles. The minimum absolute atomic E-state index is 0.0595. The van der Waals surface area contributed by atoms with Crippen molar-refractivity contribution in [1.29, 1.82) is 5.26 Å². The highest BCUT2D eigenvalue weighted by molar-refractivity contribution is 6.30. The Labute approximate surface area is 136 Å². The maximum absolute atomic E-state index is 12.4. The number of nitrogens with zero attached hydrogens (tertiary/aromatic N) is 2. The molecule has 2 heterocycles. The van der Waals surface area contributed by atoms with E-state index in [1.54, 1.807) is 24.3 Å². The molecule has 8 heteroatoms. The predicted molar refractivity (Wildman–Crippen MR) is 85.2 cm³/mol. The molecule has 0 fully saturated rings. The van der Waals surface area contributed by atoms with Gasteiger partial charge < -0.3 is 15.8 Å². The highest BCUT2D eigenvalue weighted by atomic mass is 35.5. The van der Waals surface area contributed by atoms with E-state index in [1.165, 1.54) is 7.11 Å². The number of hydrogen-bond donors (Lipinski definition) is 3. The highest BCUT2D eigenvalue weighted by Gasteiger charge is 2.32. The zero-order chi connectivity index (χ0) is 16.6. The van der Waals surface area contributed by atoms with Gasteiger partial charge >= 0.3 is 0 Å². The SMILES string of the molecule is COc1nc2c(c(=O)[nH]1)C(c1ccc(Cl)cc1)C(C#N)=C(N)N2. The van der Waals surface area contributed by atoms with Crippen LogP contribution in [0.25, 0.3) is 0 Å². The van der Waals surface area contributed by atoms with Crippen molar-refractivity contribution in [1.82, 2.24) is 9.97 Å². The molecule has 23 heavy (non-hydrogen) atoms. The number of nitrogens with one attached hydrogen (secondary N) is 2. The van der Waals surface area contributed by atoms with Crippen LogP contribution in [0.4, 0.5) is 5.82 Å². The molecule has 116 valence electrons. The number of aromatic amines is 1. The van der Waals surface area contributed by atoms with Gasteiger partial charge in [-0.15, -0.1) is 0 Å². The molecule has 1 unspecified atom stereocenters. The van der Waals surface area contributed by atoms with Gasteiger partial charge in [0, 0.05) is 5.02 Å². The van der Waals surface area contributed by atoms with Gasteiger partial charge in [0.15, 0.2) is 0 Å². The Morgan fingerprint density at radius 3 is 2.70 bits per heavy atom. The normalized spacial score (nSPS) is 16.3. The van der Waals surface area contributed by atoms with Crippen molar-refractivity contribution in [3.63, 3.8) is 0 Å². The summed E-state index contributed by atoms with van der Waals surface area (Å²) in [5.41, 5.74) is 6.80. The minimum Gasteiger partial charge on any atom is -0.468 e. The van der Waals surface area contributed by atoms with Crippen LogP contribution in [0.15, 0.2) is 40.5 Å². The van der Waals surface area contributed by atoms with Crippen molar-refractivity contribution in [3.8, 4) is 12.1 Å². The van der Waals surface area contributed by atoms with E-state index in [4.69, 9.17) is 22.1 Å². The van der Waals surface area contributed by atoms with Gasteiger partial charge in [-0.2, -0.15) is 10.2 Å². The molecule has 1 aliphatic rings. The zero-order valence-electron chi connectivity index (χ0n) is 12.1. The largest absolute Gasteiger partial charge is 0.468 e. The number of benzene rings is 1. The highest BCUT2D eigenvalue weighted by Crippen LogP contribution is 2.38. The summed E-state index contributed by atoms with van der Waals surface area (Å²) < 4.78 is 4.96. The van der Waals surface area contributed by atoms with Gasteiger partial charge in [-0.3, -0.25) is 9.78 Å². The van der Waals surface area contributed by atoms with E-state index in [2.05, 4.69) is 21.4 Å². The Morgan fingerprint density at radius 2 is 2.09 bits per heavy atom. The van der Waals surface area contributed by atoms with Gasteiger partial charge in [0.2, 0.25) is 0 Å². The summed E-state index contributed by atoms with van der Waals surface area (Å²) >= 11 is 5.91. The fraction of sp³-hybridized carbons (Fsp3) is 0.133.